The molecule has 0 atom stereocenters. The van der Waals surface area contributed by atoms with Crippen LogP contribution in [-0.4, -0.2) is 26.8 Å². The van der Waals surface area contributed by atoms with E-state index in [1.54, 1.807) is 35.0 Å². The summed E-state index contributed by atoms with van der Waals surface area (Å²) >= 11 is 3.22. The number of amides is 1. The number of benzene rings is 2. The molecule has 8 heteroatoms. The first-order valence-corrected chi connectivity index (χ1v) is 9.21. The standard InChI is InChI=1S/C20H18BrN3O4/c1-12-9-13(2)24(23-12)11-28-16-6-3-14(4-7-16)19(25)22-18-8-5-15(21)10-17(18)20(26)27/h3-10H,11H2,1-2H3,(H,22,25)(H,26,27). The summed E-state index contributed by atoms with van der Waals surface area (Å²) in [5.41, 5.74) is 2.54. The Hall–Kier alpha value is -3.13. The van der Waals surface area contributed by atoms with Gasteiger partial charge in [-0.1, -0.05) is 15.9 Å². The summed E-state index contributed by atoms with van der Waals surface area (Å²) in [6.45, 7) is 4.13. The van der Waals surface area contributed by atoms with Gasteiger partial charge in [-0.05, 0) is 62.4 Å². The lowest BCUT2D eigenvalue weighted by Crippen LogP contribution is -2.15. The second-order valence-electron chi connectivity index (χ2n) is 6.17. The number of nitrogens with one attached hydrogen (secondary N) is 1. The predicted molar refractivity (Wildman–Crippen MR) is 108 cm³/mol. The van der Waals surface area contributed by atoms with Gasteiger partial charge in [0, 0.05) is 15.7 Å². The van der Waals surface area contributed by atoms with Crippen molar-refractivity contribution in [2.75, 3.05) is 5.32 Å². The van der Waals surface area contributed by atoms with Gasteiger partial charge in [0.05, 0.1) is 16.9 Å². The monoisotopic (exact) mass is 443 g/mol. The summed E-state index contributed by atoms with van der Waals surface area (Å²) < 4.78 is 8.05. The molecule has 1 amide bonds. The number of nitrogens with zero attached hydrogens (tertiary/aromatic N) is 2. The van der Waals surface area contributed by atoms with Gasteiger partial charge in [0.2, 0.25) is 0 Å². The lowest BCUT2D eigenvalue weighted by Gasteiger charge is -2.10. The van der Waals surface area contributed by atoms with Gasteiger partial charge in [-0.25, -0.2) is 9.48 Å². The van der Waals surface area contributed by atoms with Crippen LogP contribution >= 0.6 is 15.9 Å². The van der Waals surface area contributed by atoms with Gasteiger partial charge in [0.15, 0.2) is 6.73 Å². The zero-order valence-corrected chi connectivity index (χ0v) is 16.9. The van der Waals surface area contributed by atoms with Gasteiger partial charge in [0.1, 0.15) is 5.75 Å². The van der Waals surface area contributed by atoms with Crippen molar-refractivity contribution in [3.8, 4) is 5.75 Å². The zero-order chi connectivity index (χ0) is 20.3. The van der Waals surface area contributed by atoms with Crippen molar-refractivity contribution >= 4 is 33.5 Å². The Morgan fingerprint density at radius 3 is 2.46 bits per heavy atom. The van der Waals surface area contributed by atoms with Crippen LogP contribution in [0, 0.1) is 13.8 Å². The number of carbonyl (C=O) groups excluding carboxylic acids is 1. The molecule has 3 rings (SSSR count). The number of carboxylic acids is 1. The molecule has 0 aliphatic heterocycles. The molecule has 0 aliphatic rings. The molecule has 0 fully saturated rings. The fourth-order valence-corrected chi connectivity index (χ4v) is 3.00. The third kappa shape index (κ3) is 4.58. The summed E-state index contributed by atoms with van der Waals surface area (Å²) in [5.74, 6) is -0.932. The number of aromatic nitrogens is 2. The van der Waals surface area contributed by atoms with Crippen LogP contribution < -0.4 is 10.1 Å². The van der Waals surface area contributed by atoms with Crippen LogP contribution in [0.1, 0.15) is 32.1 Å². The molecule has 0 saturated carbocycles. The first-order chi connectivity index (χ1) is 13.3. The Kier molecular flexibility index (Phi) is 5.79. The molecule has 1 heterocycles. The third-order valence-corrected chi connectivity index (χ3v) is 4.53. The molecular weight excluding hydrogens is 426 g/mol. The highest BCUT2D eigenvalue weighted by Crippen LogP contribution is 2.22. The average Bonchev–Trinajstić information content (AvgIpc) is 2.99. The van der Waals surface area contributed by atoms with Crippen LogP contribution in [-0.2, 0) is 6.73 Å². The summed E-state index contributed by atoms with van der Waals surface area (Å²) in [4.78, 5) is 23.8. The van der Waals surface area contributed by atoms with Crippen LogP contribution in [0.4, 0.5) is 5.69 Å². The molecule has 144 valence electrons. The van der Waals surface area contributed by atoms with Crippen molar-refractivity contribution in [1.82, 2.24) is 9.78 Å². The van der Waals surface area contributed by atoms with Gasteiger partial charge in [-0.2, -0.15) is 5.10 Å². The quantitative estimate of drug-likeness (QED) is 0.593. The van der Waals surface area contributed by atoms with E-state index < -0.39 is 11.9 Å². The fraction of sp³-hybridized carbons (Fsp3) is 0.150. The van der Waals surface area contributed by atoms with E-state index in [4.69, 9.17) is 4.74 Å². The van der Waals surface area contributed by atoms with Crippen molar-refractivity contribution in [2.45, 2.75) is 20.6 Å². The van der Waals surface area contributed by atoms with E-state index in [2.05, 4.69) is 26.3 Å². The van der Waals surface area contributed by atoms with Gasteiger partial charge in [0.25, 0.3) is 5.91 Å². The number of hydrogen-bond donors (Lipinski definition) is 2. The number of anilines is 1. The van der Waals surface area contributed by atoms with E-state index in [0.29, 0.717) is 15.8 Å². The Balaban J connectivity index is 1.67. The van der Waals surface area contributed by atoms with Crippen molar-refractivity contribution in [3.05, 3.63) is 75.5 Å². The van der Waals surface area contributed by atoms with Gasteiger partial charge >= 0.3 is 5.97 Å². The van der Waals surface area contributed by atoms with E-state index in [1.807, 2.05) is 19.9 Å². The number of hydrogen-bond acceptors (Lipinski definition) is 4. The maximum absolute atomic E-state index is 12.4. The number of aromatic carboxylic acids is 1. The minimum atomic E-state index is -1.12. The highest BCUT2D eigenvalue weighted by Gasteiger charge is 2.14. The molecule has 0 unspecified atom stereocenters. The van der Waals surface area contributed by atoms with Crippen LogP contribution in [0.25, 0.3) is 0 Å². The number of rotatable bonds is 6. The van der Waals surface area contributed by atoms with E-state index in [1.165, 1.54) is 12.1 Å². The molecular formula is C20H18BrN3O4. The number of halogens is 1. The van der Waals surface area contributed by atoms with Gasteiger partial charge in [-0.3, -0.25) is 4.79 Å². The Morgan fingerprint density at radius 2 is 1.86 bits per heavy atom. The van der Waals surface area contributed by atoms with E-state index in [-0.39, 0.29) is 18.0 Å². The minimum absolute atomic E-state index is 0.00700. The summed E-state index contributed by atoms with van der Waals surface area (Å²) in [6, 6.07) is 13.2. The van der Waals surface area contributed by atoms with Crippen molar-refractivity contribution in [1.29, 1.82) is 0 Å². The number of carbonyl (C=O) groups is 2. The normalized spacial score (nSPS) is 10.5. The summed E-state index contributed by atoms with van der Waals surface area (Å²) in [5, 5.41) is 16.2. The number of ether oxygens (including phenoxy) is 1. The molecule has 0 spiro atoms. The average molecular weight is 444 g/mol. The van der Waals surface area contributed by atoms with Crippen LogP contribution in [0.5, 0.6) is 5.75 Å². The lowest BCUT2D eigenvalue weighted by atomic mass is 10.1. The minimum Gasteiger partial charge on any atom is -0.478 e. The van der Waals surface area contributed by atoms with E-state index in [9.17, 15) is 14.7 Å². The molecule has 0 bridgehead atoms. The summed E-state index contributed by atoms with van der Waals surface area (Å²) in [6.07, 6.45) is 0. The number of carboxylic acid groups (broad SMARTS) is 1. The zero-order valence-electron chi connectivity index (χ0n) is 15.3. The molecule has 2 N–H and O–H groups in total. The van der Waals surface area contributed by atoms with Crippen molar-refractivity contribution < 1.29 is 19.4 Å². The third-order valence-electron chi connectivity index (χ3n) is 4.03. The molecule has 2 aromatic carbocycles. The van der Waals surface area contributed by atoms with Crippen LogP contribution in [0.15, 0.2) is 53.0 Å². The maximum Gasteiger partial charge on any atom is 0.337 e. The highest BCUT2D eigenvalue weighted by atomic mass is 79.9. The molecule has 0 radical (unpaired) electrons. The Bertz CT molecular complexity index is 1030. The summed E-state index contributed by atoms with van der Waals surface area (Å²) in [7, 11) is 0. The molecule has 7 nitrogen and oxygen atoms in total. The highest BCUT2D eigenvalue weighted by molar-refractivity contribution is 9.10. The molecule has 28 heavy (non-hydrogen) atoms. The lowest BCUT2D eigenvalue weighted by molar-refractivity contribution is 0.0698. The fourth-order valence-electron chi connectivity index (χ4n) is 2.64. The van der Waals surface area contributed by atoms with E-state index in [0.717, 1.165) is 11.4 Å². The largest absolute Gasteiger partial charge is 0.478 e. The maximum atomic E-state index is 12.4. The molecule has 0 saturated heterocycles. The van der Waals surface area contributed by atoms with Crippen LogP contribution in [0.3, 0.4) is 0 Å². The first kappa shape index (κ1) is 19.6. The first-order valence-electron chi connectivity index (χ1n) is 8.41. The van der Waals surface area contributed by atoms with Crippen LogP contribution in [0.2, 0.25) is 0 Å². The number of aryl methyl sites for hydroxylation is 2. The Labute approximate surface area is 170 Å². The SMILES string of the molecule is Cc1cc(C)n(COc2ccc(C(=O)Nc3ccc(Br)cc3C(=O)O)cc2)n1. The second kappa shape index (κ2) is 8.26. The molecule has 1 aromatic heterocycles. The molecule has 3 aromatic rings. The molecule has 0 aliphatic carbocycles. The predicted octanol–water partition coefficient (Wildman–Crippen LogP) is 4.25. The van der Waals surface area contributed by atoms with E-state index >= 15 is 0 Å². The van der Waals surface area contributed by atoms with Gasteiger partial charge in [-0.15, -0.1) is 0 Å². The van der Waals surface area contributed by atoms with Gasteiger partial charge < -0.3 is 15.2 Å². The van der Waals surface area contributed by atoms with Crippen molar-refractivity contribution in [3.63, 3.8) is 0 Å². The van der Waals surface area contributed by atoms with Crippen molar-refractivity contribution in [2.24, 2.45) is 0 Å². The topological polar surface area (TPSA) is 93.5 Å². The second-order valence-corrected chi connectivity index (χ2v) is 7.09. The smallest absolute Gasteiger partial charge is 0.337 e. The Morgan fingerprint density at radius 1 is 1.14 bits per heavy atom.